The van der Waals surface area contributed by atoms with Gasteiger partial charge in [-0.15, -0.1) is 0 Å². The van der Waals surface area contributed by atoms with Gasteiger partial charge >= 0.3 is 6.09 Å². The number of aromatic nitrogens is 4. The first-order valence-electron chi connectivity index (χ1n) is 12.8. The summed E-state index contributed by atoms with van der Waals surface area (Å²) in [6, 6.07) is 16.3. The van der Waals surface area contributed by atoms with Crippen molar-refractivity contribution in [3.63, 3.8) is 0 Å². The number of aliphatic hydroxyl groups excluding tert-OH is 2. The molecule has 1 saturated heterocycles. The summed E-state index contributed by atoms with van der Waals surface area (Å²) in [7, 11) is 1.25. The van der Waals surface area contributed by atoms with Crippen molar-refractivity contribution >= 4 is 23.1 Å². The smallest absolute Gasteiger partial charge is 0.412 e. The first kappa shape index (κ1) is 21.4. The van der Waals surface area contributed by atoms with Gasteiger partial charge in [0.05, 0.1) is 19.0 Å². The molecule has 10 nitrogen and oxygen atoms in total. The molecule has 3 N–H and O–H groups in total. The van der Waals surface area contributed by atoms with Crippen LogP contribution in [0.15, 0.2) is 61.2 Å². The minimum atomic E-state index is -0.780. The molecule has 0 radical (unpaired) electrons. The third-order valence-electron chi connectivity index (χ3n) is 6.60. The van der Waals surface area contributed by atoms with Crippen molar-refractivity contribution in [2.75, 3.05) is 18.5 Å². The molecule has 186 valence electrons. The summed E-state index contributed by atoms with van der Waals surface area (Å²) in [6.07, 6.45) is 0.537. The summed E-state index contributed by atoms with van der Waals surface area (Å²) in [4.78, 5) is 25.5. The highest BCUT2D eigenvalue weighted by molar-refractivity contribution is 5.93. The molecule has 0 bridgehead atoms. The topological polar surface area (TPSA) is 132 Å². The Labute approximate surface area is 210 Å². The van der Waals surface area contributed by atoms with E-state index in [4.69, 9.17) is 12.3 Å². The van der Waals surface area contributed by atoms with Crippen LogP contribution in [0.3, 0.4) is 0 Å². The molecule has 0 spiro atoms. The van der Waals surface area contributed by atoms with E-state index in [1.165, 1.54) is 20.1 Å². The molecule has 6 rings (SSSR count). The van der Waals surface area contributed by atoms with Crippen molar-refractivity contribution in [2.45, 2.75) is 38.2 Å². The van der Waals surface area contributed by atoms with Crippen LogP contribution in [-0.4, -0.2) is 62.7 Å². The number of nitrogens with one attached hydrogen (secondary N) is 1. The second-order valence-corrected chi connectivity index (χ2v) is 8.60. The highest BCUT2D eigenvalue weighted by atomic mass is 16.6. The Morgan fingerprint density at radius 2 is 1.92 bits per heavy atom. The predicted molar refractivity (Wildman–Crippen MR) is 132 cm³/mol. The summed E-state index contributed by atoms with van der Waals surface area (Å²) in [5.74, 6) is 0.153. The van der Waals surface area contributed by atoms with Crippen molar-refractivity contribution in [3.05, 3.63) is 72.3 Å². The summed E-state index contributed by atoms with van der Waals surface area (Å²) in [5, 5.41) is 17.2. The number of hydrogen-bond donors (Lipinski definition) is 3. The lowest BCUT2D eigenvalue weighted by Gasteiger charge is -2.15. The van der Waals surface area contributed by atoms with Crippen LogP contribution in [0.5, 0.6) is 0 Å². The second kappa shape index (κ2) is 9.65. The maximum atomic E-state index is 12.7. The minimum absolute atomic E-state index is 0.0477. The summed E-state index contributed by atoms with van der Waals surface area (Å²) >= 11 is 0. The largest absolute Gasteiger partial charge is 0.448 e. The Bertz CT molecular complexity index is 1390. The Morgan fingerprint density at radius 1 is 1.19 bits per heavy atom. The van der Waals surface area contributed by atoms with E-state index in [0.29, 0.717) is 17.6 Å². The number of imidazole rings is 1. The fourth-order valence-electron chi connectivity index (χ4n) is 4.92. The normalized spacial score (nSPS) is 21.1. The van der Waals surface area contributed by atoms with Gasteiger partial charge in [-0.3, -0.25) is 9.88 Å². The fourth-order valence-corrected chi connectivity index (χ4v) is 4.92. The Kier molecular flexibility index (Phi) is 5.74. The molecule has 3 atom stereocenters. The fraction of sp³-hybridized carbons (Fsp3) is 0.308. The number of ether oxygens (including phenoxy) is 2. The van der Waals surface area contributed by atoms with Crippen LogP contribution in [0.1, 0.15) is 38.5 Å². The van der Waals surface area contributed by atoms with Crippen LogP contribution in [0.2, 0.25) is 0 Å². The lowest BCUT2D eigenvalue weighted by atomic mass is 9.98. The molecule has 1 aliphatic heterocycles. The lowest BCUT2D eigenvalue weighted by molar-refractivity contribution is -0.0432. The van der Waals surface area contributed by atoms with E-state index in [9.17, 15) is 9.90 Å². The number of benzene rings is 2. The predicted octanol–water partition coefficient (Wildman–Crippen LogP) is 3.46. The van der Waals surface area contributed by atoms with E-state index >= 15 is 0 Å². The third-order valence-corrected chi connectivity index (χ3v) is 6.60. The van der Waals surface area contributed by atoms with Crippen molar-refractivity contribution in [3.8, 4) is 11.1 Å². The molecule has 36 heavy (non-hydrogen) atoms. The summed E-state index contributed by atoms with van der Waals surface area (Å²) < 4.78 is 25.7. The van der Waals surface area contributed by atoms with Crippen LogP contribution >= 0.6 is 0 Å². The van der Waals surface area contributed by atoms with Gasteiger partial charge in [0.15, 0.2) is 17.0 Å². The number of carbonyl (C=O) groups is 1. The van der Waals surface area contributed by atoms with Gasteiger partial charge in [-0.2, -0.15) is 0 Å². The standard InChI is InChI=1S/C25H23N5O5.CH4/c31-10-20-19(32)9-21(35-20)30-13-28-22-23(26-12-27-24(22)30)29-25(33)34-11-18-16-7-3-1-5-14(16)15-6-2-4-8-17(15)18;/h1-8,12-13,18-21,31-32H,9-11H2,(H,26,27,29,33);1H4/t19?,20-,21-;/m1./s1/i31D;1T. The molecular formula is C26H27N5O5. The summed E-state index contributed by atoms with van der Waals surface area (Å²) in [6.45, 7) is 0.129. The lowest BCUT2D eigenvalue weighted by Crippen LogP contribution is -2.24. The maximum absolute atomic E-state index is 12.7. The van der Waals surface area contributed by atoms with Gasteiger partial charge in [0.2, 0.25) is 1.43 Å². The quantitative estimate of drug-likeness (QED) is 0.373. The molecule has 2 aromatic carbocycles. The van der Waals surface area contributed by atoms with Crippen LogP contribution < -0.4 is 5.32 Å². The average molecular weight is 493 g/mol. The van der Waals surface area contributed by atoms with E-state index in [1.54, 1.807) is 4.57 Å². The van der Waals surface area contributed by atoms with E-state index < -0.39 is 24.5 Å². The van der Waals surface area contributed by atoms with Gasteiger partial charge in [-0.25, -0.2) is 19.7 Å². The van der Waals surface area contributed by atoms with Gasteiger partial charge in [0, 0.05) is 13.7 Å². The van der Waals surface area contributed by atoms with E-state index in [2.05, 4.69) is 49.6 Å². The highest BCUT2D eigenvalue weighted by Gasteiger charge is 2.35. The van der Waals surface area contributed by atoms with Crippen LogP contribution in [-0.2, 0) is 9.47 Å². The van der Waals surface area contributed by atoms with Crippen molar-refractivity contribution in [2.24, 2.45) is 0 Å². The number of carbonyl (C=O) groups excluding carboxylic acids is 1. The zero-order chi connectivity index (χ0) is 26.6. The average Bonchev–Trinajstić information content (AvgIpc) is 3.63. The van der Waals surface area contributed by atoms with Crippen LogP contribution in [0, 0.1) is 0 Å². The third kappa shape index (κ3) is 3.98. The van der Waals surface area contributed by atoms with Crippen molar-refractivity contribution < 1.29 is 25.9 Å². The van der Waals surface area contributed by atoms with Gasteiger partial charge in [-0.05, 0) is 22.3 Å². The number of aliphatic hydroxyl groups is 2. The Morgan fingerprint density at radius 3 is 2.64 bits per heavy atom. The molecule has 3 heterocycles. The molecule has 2 aliphatic rings. The van der Waals surface area contributed by atoms with Crippen molar-refractivity contribution in [1.29, 1.82) is 1.43 Å². The molecule has 1 aliphatic carbocycles. The molecule has 10 heteroatoms. The van der Waals surface area contributed by atoms with Gasteiger partial charge in [0.25, 0.3) is 0 Å². The zero-order valence-electron chi connectivity index (χ0n) is 21.6. The molecular weight excluding hydrogens is 462 g/mol. The van der Waals surface area contributed by atoms with Crippen LogP contribution in [0.25, 0.3) is 22.3 Å². The first-order chi connectivity index (χ1) is 18.6. The first-order valence-corrected chi connectivity index (χ1v) is 11.3. The molecule has 1 fully saturated rings. The minimum Gasteiger partial charge on any atom is -0.448 e. The zero-order valence-corrected chi connectivity index (χ0v) is 19.6. The number of anilines is 1. The van der Waals surface area contributed by atoms with Gasteiger partial charge < -0.3 is 19.7 Å². The molecule has 1 unspecified atom stereocenters. The SMILES string of the molecule is [2H]OC[C@H]1O[C@@H](n2cnc3c(NC(=O)OCC4c5ccccc5-c5ccccc54)ncnc32)CC1O.[3H]C. The molecule has 2 aromatic heterocycles. The maximum Gasteiger partial charge on any atom is 0.412 e. The summed E-state index contributed by atoms with van der Waals surface area (Å²) in [5.41, 5.74) is 5.36. The molecule has 4 aromatic rings. The number of fused-ring (bicyclic) bond motifs is 4. The van der Waals surface area contributed by atoms with Crippen LogP contribution in [0.4, 0.5) is 10.6 Å². The number of amides is 1. The van der Waals surface area contributed by atoms with E-state index in [-0.39, 0.29) is 24.9 Å². The second-order valence-electron chi connectivity index (χ2n) is 8.60. The van der Waals surface area contributed by atoms with Gasteiger partial charge in [-0.1, -0.05) is 55.9 Å². The monoisotopic (exact) mass is 492 g/mol. The van der Waals surface area contributed by atoms with E-state index in [1.807, 2.05) is 24.3 Å². The molecule has 0 saturated carbocycles. The number of nitrogens with zero attached hydrogens (tertiary/aromatic N) is 4. The molecule has 1 amide bonds. The Hall–Kier alpha value is -3.86. The number of hydrogen-bond acceptors (Lipinski definition) is 8. The Balaban J connectivity index is 0.00000144. The van der Waals surface area contributed by atoms with Gasteiger partial charge in [0.1, 0.15) is 25.3 Å². The highest BCUT2D eigenvalue weighted by Crippen LogP contribution is 2.44. The van der Waals surface area contributed by atoms with E-state index in [0.717, 1.165) is 22.3 Å². The number of rotatable bonds is 6. The van der Waals surface area contributed by atoms with Crippen molar-refractivity contribution in [1.82, 2.24) is 19.5 Å².